The monoisotopic (exact) mass is 259 g/mol. The fourth-order valence-electron chi connectivity index (χ4n) is 1.86. The Kier molecular flexibility index (Phi) is 2.52. The summed E-state index contributed by atoms with van der Waals surface area (Å²) in [5, 5.41) is 9.83. The van der Waals surface area contributed by atoms with Crippen LogP contribution in [-0.2, 0) is 6.54 Å². The van der Waals surface area contributed by atoms with Crippen LogP contribution in [0.25, 0.3) is 11.2 Å². The van der Waals surface area contributed by atoms with E-state index >= 15 is 0 Å². The molecule has 3 aromatic rings. The van der Waals surface area contributed by atoms with Gasteiger partial charge in [0.2, 0.25) is 0 Å². The van der Waals surface area contributed by atoms with Crippen LogP contribution in [0.5, 0.6) is 6.01 Å². The highest BCUT2D eigenvalue weighted by Gasteiger charge is 2.13. The number of nitrogen functional groups attached to an aromatic ring is 1. The highest BCUT2D eigenvalue weighted by molar-refractivity contribution is 5.82. The molecule has 0 unspecified atom stereocenters. The standard InChI is InChI=1S/C12H10FN5O/c13-8-3-1-7(2-4-8)5-18-11-9(17-12(18)19)10(14)15-6-16-11/h1-4,6H,5H2,(H,17,19)(H2,14,15,16). The summed E-state index contributed by atoms with van der Waals surface area (Å²) in [5.74, 6) is -0.104. The molecule has 1 aromatic carbocycles. The van der Waals surface area contributed by atoms with Gasteiger partial charge in [-0.25, -0.2) is 14.4 Å². The molecule has 0 aliphatic heterocycles. The highest BCUT2D eigenvalue weighted by Crippen LogP contribution is 2.22. The molecule has 0 saturated carbocycles. The van der Waals surface area contributed by atoms with Crippen LogP contribution in [0.3, 0.4) is 0 Å². The molecule has 0 bridgehead atoms. The molecule has 3 rings (SSSR count). The van der Waals surface area contributed by atoms with Crippen LogP contribution in [0.2, 0.25) is 0 Å². The van der Waals surface area contributed by atoms with Crippen molar-refractivity contribution in [1.82, 2.24) is 19.5 Å². The molecular formula is C12H10FN5O. The van der Waals surface area contributed by atoms with E-state index in [-0.39, 0.29) is 17.6 Å². The maximum absolute atomic E-state index is 12.8. The molecule has 0 spiro atoms. The van der Waals surface area contributed by atoms with Gasteiger partial charge in [0.1, 0.15) is 12.1 Å². The summed E-state index contributed by atoms with van der Waals surface area (Å²) in [7, 11) is 0. The van der Waals surface area contributed by atoms with Crippen molar-refractivity contribution in [2.45, 2.75) is 6.54 Å². The number of rotatable bonds is 2. The Balaban J connectivity index is 2.07. The molecule has 2 heterocycles. The number of nitrogens with two attached hydrogens (primary N) is 1. The molecule has 0 atom stereocenters. The van der Waals surface area contributed by atoms with Gasteiger partial charge in [0.05, 0.1) is 6.54 Å². The number of halogens is 1. The third-order valence-electron chi connectivity index (χ3n) is 2.79. The minimum Gasteiger partial charge on any atom is -0.480 e. The molecule has 2 aromatic heterocycles. The second kappa shape index (κ2) is 4.20. The Morgan fingerprint density at radius 3 is 2.68 bits per heavy atom. The summed E-state index contributed by atoms with van der Waals surface area (Å²) in [6, 6.07) is 5.77. The van der Waals surface area contributed by atoms with Crippen LogP contribution in [0, 0.1) is 5.82 Å². The lowest BCUT2D eigenvalue weighted by molar-refractivity contribution is 0.408. The van der Waals surface area contributed by atoms with Crippen molar-refractivity contribution < 1.29 is 9.50 Å². The van der Waals surface area contributed by atoms with E-state index in [1.807, 2.05) is 0 Å². The number of anilines is 1. The van der Waals surface area contributed by atoms with E-state index in [0.29, 0.717) is 17.7 Å². The Morgan fingerprint density at radius 1 is 1.21 bits per heavy atom. The Hall–Kier alpha value is -2.70. The van der Waals surface area contributed by atoms with Crippen LogP contribution in [0.15, 0.2) is 30.6 Å². The molecule has 0 radical (unpaired) electrons. The van der Waals surface area contributed by atoms with Gasteiger partial charge in [0, 0.05) is 0 Å². The van der Waals surface area contributed by atoms with E-state index in [1.165, 1.54) is 23.0 Å². The summed E-state index contributed by atoms with van der Waals surface area (Å²) >= 11 is 0. The molecule has 0 aliphatic carbocycles. The molecule has 96 valence electrons. The lowest BCUT2D eigenvalue weighted by Gasteiger charge is -2.05. The van der Waals surface area contributed by atoms with Crippen LogP contribution >= 0.6 is 0 Å². The van der Waals surface area contributed by atoms with Crippen molar-refractivity contribution in [1.29, 1.82) is 0 Å². The zero-order chi connectivity index (χ0) is 13.4. The number of aromatic hydroxyl groups is 1. The highest BCUT2D eigenvalue weighted by atomic mass is 19.1. The van der Waals surface area contributed by atoms with Crippen molar-refractivity contribution in [2.24, 2.45) is 0 Å². The Bertz CT molecular complexity index is 738. The summed E-state index contributed by atoms with van der Waals surface area (Å²) in [6.07, 6.45) is 1.31. The zero-order valence-electron chi connectivity index (χ0n) is 9.79. The Labute approximate surface area is 107 Å². The second-order valence-corrected chi connectivity index (χ2v) is 4.06. The van der Waals surface area contributed by atoms with Crippen LogP contribution in [-0.4, -0.2) is 24.6 Å². The van der Waals surface area contributed by atoms with Crippen LogP contribution in [0.4, 0.5) is 10.2 Å². The van der Waals surface area contributed by atoms with Gasteiger partial charge in [-0.2, -0.15) is 4.98 Å². The first-order chi connectivity index (χ1) is 9.15. The van der Waals surface area contributed by atoms with Gasteiger partial charge in [0.25, 0.3) is 6.01 Å². The average Bonchev–Trinajstić information content (AvgIpc) is 2.71. The van der Waals surface area contributed by atoms with E-state index < -0.39 is 0 Å². The van der Waals surface area contributed by atoms with Gasteiger partial charge in [-0.3, -0.25) is 4.57 Å². The van der Waals surface area contributed by atoms with Gasteiger partial charge in [-0.05, 0) is 17.7 Å². The van der Waals surface area contributed by atoms with Crippen molar-refractivity contribution in [3.8, 4) is 6.01 Å². The van der Waals surface area contributed by atoms with Gasteiger partial charge in [-0.1, -0.05) is 12.1 Å². The fraction of sp³-hybridized carbons (Fsp3) is 0.0833. The Morgan fingerprint density at radius 2 is 1.95 bits per heavy atom. The molecular weight excluding hydrogens is 249 g/mol. The number of benzene rings is 1. The van der Waals surface area contributed by atoms with E-state index in [2.05, 4.69) is 15.0 Å². The number of nitrogens with zero attached hydrogens (tertiary/aromatic N) is 4. The third-order valence-corrected chi connectivity index (χ3v) is 2.79. The molecule has 0 aliphatic rings. The first kappa shape index (κ1) is 11.4. The minimum atomic E-state index is -0.310. The molecule has 19 heavy (non-hydrogen) atoms. The largest absolute Gasteiger partial charge is 0.480 e. The SMILES string of the molecule is Nc1ncnc2c1nc(O)n2Cc1ccc(F)cc1. The van der Waals surface area contributed by atoms with Crippen LogP contribution in [0.1, 0.15) is 5.56 Å². The number of fused-ring (bicyclic) bond motifs is 1. The van der Waals surface area contributed by atoms with E-state index in [4.69, 9.17) is 5.73 Å². The number of aromatic nitrogens is 4. The quantitative estimate of drug-likeness (QED) is 0.724. The van der Waals surface area contributed by atoms with E-state index in [0.717, 1.165) is 5.56 Å². The van der Waals surface area contributed by atoms with Gasteiger partial charge < -0.3 is 10.8 Å². The number of imidazole rings is 1. The first-order valence-electron chi connectivity index (χ1n) is 5.55. The van der Waals surface area contributed by atoms with Crippen molar-refractivity contribution in [3.05, 3.63) is 42.0 Å². The molecule has 6 nitrogen and oxygen atoms in total. The zero-order valence-corrected chi connectivity index (χ0v) is 9.79. The predicted molar refractivity (Wildman–Crippen MR) is 66.9 cm³/mol. The van der Waals surface area contributed by atoms with Crippen molar-refractivity contribution in [2.75, 3.05) is 5.73 Å². The summed E-state index contributed by atoms with van der Waals surface area (Å²) in [4.78, 5) is 11.8. The molecule has 0 amide bonds. The summed E-state index contributed by atoms with van der Waals surface area (Å²) < 4.78 is 14.3. The van der Waals surface area contributed by atoms with E-state index in [9.17, 15) is 9.50 Å². The van der Waals surface area contributed by atoms with Gasteiger partial charge in [-0.15, -0.1) is 0 Å². The number of hydrogen-bond acceptors (Lipinski definition) is 5. The van der Waals surface area contributed by atoms with Crippen molar-refractivity contribution in [3.63, 3.8) is 0 Å². The first-order valence-corrected chi connectivity index (χ1v) is 5.55. The van der Waals surface area contributed by atoms with E-state index in [1.54, 1.807) is 12.1 Å². The summed E-state index contributed by atoms with van der Waals surface area (Å²) in [5.41, 5.74) is 7.27. The minimum absolute atomic E-state index is 0.202. The lowest BCUT2D eigenvalue weighted by Crippen LogP contribution is -2.01. The molecule has 0 saturated heterocycles. The van der Waals surface area contributed by atoms with Gasteiger partial charge >= 0.3 is 0 Å². The topological polar surface area (TPSA) is 89.8 Å². The fourth-order valence-corrected chi connectivity index (χ4v) is 1.86. The second-order valence-electron chi connectivity index (χ2n) is 4.06. The molecule has 0 fully saturated rings. The lowest BCUT2D eigenvalue weighted by atomic mass is 10.2. The normalized spacial score (nSPS) is 11.0. The maximum Gasteiger partial charge on any atom is 0.296 e. The predicted octanol–water partition coefficient (Wildman–Crippen LogP) is 1.30. The molecule has 3 N–H and O–H groups in total. The molecule has 7 heteroatoms. The maximum atomic E-state index is 12.8. The van der Waals surface area contributed by atoms with Crippen molar-refractivity contribution >= 4 is 17.0 Å². The smallest absolute Gasteiger partial charge is 0.296 e. The third kappa shape index (κ3) is 1.95. The van der Waals surface area contributed by atoms with Gasteiger partial charge in [0.15, 0.2) is 17.0 Å². The average molecular weight is 259 g/mol. The summed E-state index contributed by atoms with van der Waals surface area (Å²) in [6.45, 7) is 0.319. The number of hydrogen-bond donors (Lipinski definition) is 2. The van der Waals surface area contributed by atoms with Crippen LogP contribution < -0.4 is 5.73 Å².